The van der Waals surface area contributed by atoms with Gasteiger partial charge in [-0.1, -0.05) is 18.5 Å². The predicted molar refractivity (Wildman–Crippen MR) is 125 cm³/mol. The van der Waals surface area contributed by atoms with Crippen molar-refractivity contribution in [3.8, 4) is 11.5 Å². The highest BCUT2D eigenvalue weighted by Crippen LogP contribution is 2.48. The van der Waals surface area contributed by atoms with Gasteiger partial charge in [0.2, 0.25) is 0 Å². The lowest BCUT2D eigenvalue weighted by Gasteiger charge is -2.38. The number of aromatic hydroxyl groups is 1. The maximum absolute atomic E-state index is 13.7. The maximum Gasteiger partial charge on any atom is 0.337 e. The number of ether oxygens (including phenoxy) is 3. The molecule has 0 amide bonds. The van der Waals surface area contributed by atoms with Gasteiger partial charge in [0, 0.05) is 22.9 Å². The van der Waals surface area contributed by atoms with Gasteiger partial charge in [-0.05, 0) is 57.7 Å². The lowest BCUT2D eigenvalue weighted by molar-refractivity contribution is -0.151. The van der Waals surface area contributed by atoms with E-state index in [1.165, 1.54) is 13.2 Å². The van der Waals surface area contributed by atoms with Crippen molar-refractivity contribution in [2.45, 2.75) is 53.1 Å². The highest BCUT2D eigenvalue weighted by atomic mass is 35.5. The SMILES string of the molecule is CCOc1cc([C@H]2C(C(=O)OC(C)C)=C(C)NC3=C2C(=O)[C@@H](C(=O)OC)[C@@H](C)C3)cc(Cl)c1O. The zero-order valence-corrected chi connectivity index (χ0v) is 20.9. The van der Waals surface area contributed by atoms with Gasteiger partial charge < -0.3 is 24.6 Å². The number of carbonyl (C=O) groups is 3. The summed E-state index contributed by atoms with van der Waals surface area (Å²) in [5.74, 6) is -3.95. The molecule has 0 saturated carbocycles. The molecule has 0 aromatic heterocycles. The minimum atomic E-state index is -1.01. The van der Waals surface area contributed by atoms with E-state index in [0.29, 0.717) is 23.4 Å². The molecule has 1 aliphatic heterocycles. The Bertz CT molecular complexity index is 1090. The highest BCUT2D eigenvalue weighted by Gasteiger charge is 2.47. The first kappa shape index (κ1) is 25.6. The Morgan fingerprint density at radius 1 is 1.29 bits per heavy atom. The third-order valence-electron chi connectivity index (χ3n) is 5.99. The zero-order valence-electron chi connectivity index (χ0n) is 20.2. The number of hydrogen-bond acceptors (Lipinski definition) is 8. The Morgan fingerprint density at radius 2 is 1.97 bits per heavy atom. The number of nitrogens with one attached hydrogen (secondary N) is 1. The van der Waals surface area contributed by atoms with Crippen molar-refractivity contribution in [2.24, 2.45) is 11.8 Å². The number of Topliss-reactive ketones (excluding diaryl/α,β-unsaturated/α-hetero) is 1. The summed E-state index contributed by atoms with van der Waals surface area (Å²) >= 11 is 6.31. The first-order chi connectivity index (χ1) is 16.0. The van der Waals surface area contributed by atoms with E-state index in [1.54, 1.807) is 33.8 Å². The summed E-state index contributed by atoms with van der Waals surface area (Å²) in [6.07, 6.45) is 0.0156. The number of rotatable bonds is 6. The van der Waals surface area contributed by atoms with Gasteiger partial charge in [0.15, 0.2) is 17.3 Å². The number of ketones is 1. The van der Waals surface area contributed by atoms with Gasteiger partial charge in [-0.3, -0.25) is 9.59 Å². The lowest BCUT2D eigenvalue weighted by Crippen LogP contribution is -2.43. The standard InChI is InChI=1S/C25H30ClNO7/c1-7-33-17-10-14(9-15(26)22(17)28)20-19(25(31)34-11(2)3)13(5)27-16-8-12(4)18(24(30)32-6)23(29)21(16)20/h9-12,18,20,27-28H,7-8H2,1-6H3/t12-,18-,20-/m0/s1. The minimum Gasteiger partial charge on any atom is -0.503 e. The molecule has 1 heterocycles. The molecule has 0 radical (unpaired) electrons. The molecule has 0 bridgehead atoms. The largest absolute Gasteiger partial charge is 0.503 e. The molecule has 34 heavy (non-hydrogen) atoms. The van der Waals surface area contributed by atoms with Crippen LogP contribution in [0.1, 0.15) is 52.5 Å². The summed E-state index contributed by atoms with van der Waals surface area (Å²) in [5.41, 5.74) is 2.13. The summed E-state index contributed by atoms with van der Waals surface area (Å²) in [7, 11) is 1.24. The van der Waals surface area contributed by atoms with Crippen molar-refractivity contribution < 1.29 is 33.7 Å². The van der Waals surface area contributed by atoms with Crippen LogP contribution in [0, 0.1) is 11.8 Å². The minimum absolute atomic E-state index is 0.0111. The summed E-state index contributed by atoms with van der Waals surface area (Å²) in [5, 5.41) is 13.6. The van der Waals surface area contributed by atoms with Crippen molar-refractivity contribution in [3.05, 3.63) is 45.3 Å². The molecule has 9 heteroatoms. The molecule has 0 unspecified atom stereocenters. The smallest absolute Gasteiger partial charge is 0.337 e. The Kier molecular flexibility index (Phi) is 7.60. The number of carbonyl (C=O) groups excluding carboxylic acids is 3. The molecule has 1 aliphatic carbocycles. The number of benzene rings is 1. The summed E-state index contributed by atoms with van der Waals surface area (Å²) < 4.78 is 15.9. The summed E-state index contributed by atoms with van der Waals surface area (Å²) in [6.45, 7) is 9.04. The average Bonchev–Trinajstić information content (AvgIpc) is 2.75. The van der Waals surface area contributed by atoms with E-state index in [2.05, 4.69) is 5.32 Å². The Morgan fingerprint density at radius 3 is 2.56 bits per heavy atom. The molecule has 8 nitrogen and oxygen atoms in total. The first-order valence-corrected chi connectivity index (χ1v) is 11.6. The molecule has 0 spiro atoms. The number of esters is 2. The van der Waals surface area contributed by atoms with Crippen molar-refractivity contribution in [1.29, 1.82) is 0 Å². The topological polar surface area (TPSA) is 111 Å². The molecule has 0 fully saturated rings. The molecule has 3 rings (SSSR count). The third-order valence-corrected chi connectivity index (χ3v) is 6.28. The number of phenols is 1. The van der Waals surface area contributed by atoms with Gasteiger partial charge in [0.25, 0.3) is 0 Å². The van der Waals surface area contributed by atoms with Crippen LogP contribution in [0.5, 0.6) is 11.5 Å². The van der Waals surface area contributed by atoms with Crippen LogP contribution in [0.4, 0.5) is 0 Å². The van der Waals surface area contributed by atoms with Crippen LogP contribution in [0.25, 0.3) is 0 Å². The number of dihydropyridines is 1. The number of methoxy groups -OCH3 is 1. The average molecular weight is 492 g/mol. The fourth-order valence-corrected chi connectivity index (χ4v) is 4.81. The van der Waals surface area contributed by atoms with E-state index in [0.717, 1.165) is 0 Å². The van der Waals surface area contributed by atoms with Crippen molar-refractivity contribution in [3.63, 3.8) is 0 Å². The zero-order chi connectivity index (χ0) is 25.3. The van der Waals surface area contributed by atoms with Gasteiger partial charge in [0.05, 0.1) is 30.4 Å². The van der Waals surface area contributed by atoms with E-state index in [-0.39, 0.29) is 40.2 Å². The fraction of sp³-hybridized carbons (Fsp3) is 0.480. The van der Waals surface area contributed by atoms with Crippen LogP contribution < -0.4 is 10.1 Å². The fourth-order valence-electron chi connectivity index (χ4n) is 4.59. The molecule has 0 saturated heterocycles. The van der Waals surface area contributed by atoms with E-state index in [1.807, 2.05) is 6.92 Å². The molecule has 184 valence electrons. The number of hydrogen-bond donors (Lipinski definition) is 2. The Balaban J connectivity index is 2.26. The number of halogens is 1. The van der Waals surface area contributed by atoms with E-state index < -0.39 is 35.7 Å². The Labute approximate surface area is 203 Å². The molecule has 1 aromatic carbocycles. The van der Waals surface area contributed by atoms with Crippen LogP contribution >= 0.6 is 11.6 Å². The second-order valence-electron chi connectivity index (χ2n) is 8.77. The molecular weight excluding hydrogens is 462 g/mol. The third kappa shape index (κ3) is 4.64. The van der Waals surface area contributed by atoms with Crippen LogP contribution in [0.2, 0.25) is 5.02 Å². The summed E-state index contributed by atoms with van der Waals surface area (Å²) in [6, 6.07) is 3.05. The molecule has 1 aromatic rings. The van der Waals surface area contributed by atoms with E-state index in [9.17, 15) is 19.5 Å². The van der Waals surface area contributed by atoms with Gasteiger partial charge in [-0.2, -0.15) is 0 Å². The van der Waals surface area contributed by atoms with Crippen molar-refractivity contribution in [2.75, 3.05) is 13.7 Å². The second kappa shape index (κ2) is 10.1. The number of allylic oxidation sites excluding steroid dienone is 3. The van der Waals surface area contributed by atoms with Gasteiger partial charge in [0.1, 0.15) is 5.92 Å². The lowest BCUT2D eigenvalue weighted by atomic mass is 9.69. The molecule has 2 aliphatic rings. The van der Waals surface area contributed by atoms with Crippen molar-refractivity contribution in [1.82, 2.24) is 5.32 Å². The van der Waals surface area contributed by atoms with E-state index in [4.69, 9.17) is 25.8 Å². The van der Waals surface area contributed by atoms with Crippen molar-refractivity contribution >= 4 is 29.3 Å². The van der Waals surface area contributed by atoms with Gasteiger partial charge >= 0.3 is 11.9 Å². The normalized spacial score (nSPS) is 22.4. The first-order valence-electron chi connectivity index (χ1n) is 11.2. The second-order valence-corrected chi connectivity index (χ2v) is 9.18. The van der Waals surface area contributed by atoms with Crippen LogP contribution in [0.15, 0.2) is 34.7 Å². The van der Waals surface area contributed by atoms with Gasteiger partial charge in [-0.25, -0.2) is 4.79 Å². The predicted octanol–water partition coefficient (Wildman–Crippen LogP) is 4.01. The molecule has 3 atom stereocenters. The molecular formula is C25H30ClNO7. The highest BCUT2D eigenvalue weighted by molar-refractivity contribution is 6.32. The van der Waals surface area contributed by atoms with Crippen LogP contribution in [-0.2, 0) is 23.9 Å². The van der Waals surface area contributed by atoms with Crippen LogP contribution in [-0.4, -0.2) is 42.6 Å². The monoisotopic (exact) mass is 491 g/mol. The Hall–Kier alpha value is -3.00. The van der Waals surface area contributed by atoms with E-state index >= 15 is 0 Å². The number of phenolic OH excluding ortho intramolecular Hbond substituents is 1. The van der Waals surface area contributed by atoms with Gasteiger partial charge in [-0.15, -0.1) is 0 Å². The molecule has 2 N–H and O–H groups in total. The maximum atomic E-state index is 13.7. The quantitative estimate of drug-likeness (QED) is 0.453. The summed E-state index contributed by atoms with van der Waals surface area (Å²) in [4.78, 5) is 39.5. The van der Waals surface area contributed by atoms with Crippen LogP contribution in [0.3, 0.4) is 0 Å².